The molecule has 0 amide bonds. The first kappa shape index (κ1) is 16.3. The molecule has 4 nitrogen and oxygen atoms in total. The summed E-state index contributed by atoms with van der Waals surface area (Å²) in [4.78, 5) is 10.4. The topological polar surface area (TPSA) is 60.4 Å². The van der Waals surface area contributed by atoms with Crippen LogP contribution in [0.1, 0.15) is 6.92 Å². The molecule has 0 spiro atoms. The maximum absolute atomic E-state index is 12.9. The highest BCUT2D eigenvalue weighted by Gasteiger charge is 2.92. The summed E-state index contributed by atoms with van der Waals surface area (Å²) in [6.07, 6.45) is 0. The number of alkyl halides is 1. The largest absolute Gasteiger partial charge is 0.467 e. The van der Waals surface area contributed by atoms with E-state index in [2.05, 4.69) is 4.74 Å². The van der Waals surface area contributed by atoms with Gasteiger partial charge in [-0.1, -0.05) is 19.4 Å². The van der Waals surface area contributed by atoms with Crippen molar-refractivity contribution in [2.45, 2.75) is 11.3 Å². The van der Waals surface area contributed by atoms with E-state index in [4.69, 9.17) is 0 Å². The molecule has 0 heterocycles. The van der Waals surface area contributed by atoms with Crippen molar-refractivity contribution in [1.29, 1.82) is 0 Å². The van der Waals surface area contributed by atoms with Crippen LogP contribution >= 0.6 is 10.2 Å². The average molecular weight is 314 g/mol. The molecule has 0 aliphatic heterocycles. The fourth-order valence-electron chi connectivity index (χ4n) is 0.662. The summed E-state index contributed by atoms with van der Waals surface area (Å²) >= 11 is 0. The molecule has 0 fully saturated rings. The molecule has 0 saturated carbocycles. The molecule has 13 heteroatoms. The Morgan fingerprint density at radius 3 is 1.76 bits per heavy atom. The van der Waals surface area contributed by atoms with Crippen LogP contribution in [0.2, 0.25) is 0 Å². The van der Waals surface area contributed by atoms with Gasteiger partial charge in [0.25, 0.3) is 0 Å². The second kappa shape index (κ2) is 3.18. The van der Waals surface area contributed by atoms with E-state index in [1.807, 2.05) is 0 Å². The quantitative estimate of drug-likeness (QED) is 0.455. The molecular formula is C4H5F7O4S2. The summed E-state index contributed by atoms with van der Waals surface area (Å²) in [5, 5.41) is 0. The zero-order valence-corrected chi connectivity index (χ0v) is 9.44. The van der Waals surface area contributed by atoms with Gasteiger partial charge in [0, 0.05) is 0 Å². The summed E-state index contributed by atoms with van der Waals surface area (Å²) in [6, 6.07) is 0. The van der Waals surface area contributed by atoms with Crippen molar-refractivity contribution in [3.05, 3.63) is 0 Å². The van der Waals surface area contributed by atoms with E-state index >= 15 is 0 Å². The molecule has 1 atom stereocenters. The number of carbonyl (C=O) groups is 1. The SMILES string of the molecule is CCOC(=O)C(F)(S(=O)(=O)F)S(F)(F)(F)(F)F. The minimum atomic E-state index is -11.7. The smallest absolute Gasteiger partial charge is 0.462 e. The van der Waals surface area contributed by atoms with E-state index in [0.29, 0.717) is 0 Å². The molecule has 1 unspecified atom stereocenters. The highest BCUT2D eigenvalue weighted by Crippen LogP contribution is 3.04. The second-order valence-corrected chi connectivity index (χ2v) is 6.86. The fourth-order valence-corrected chi connectivity index (χ4v) is 2.80. The maximum Gasteiger partial charge on any atom is 0.467 e. The Kier molecular flexibility index (Phi) is 3.05. The number of halogens is 7. The van der Waals surface area contributed by atoms with Gasteiger partial charge in [-0.3, -0.25) is 0 Å². The van der Waals surface area contributed by atoms with Crippen LogP contribution in [0.3, 0.4) is 0 Å². The first-order chi connectivity index (χ1) is 6.98. The van der Waals surface area contributed by atoms with Crippen LogP contribution in [0.4, 0.5) is 27.7 Å². The minimum Gasteiger partial charge on any atom is -0.462 e. The van der Waals surface area contributed by atoms with E-state index in [-0.39, 0.29) is 0 Å². The molecule has 0 saturated heterocycles. The third-order valence-corrected chi connectivity index (χ3v) is 4.82. The van der Waals surface area contributed by atoms with Gasteiger partial charge in [0.05, 0.1) is 6.61 Å². The van der Waals surface area contributed by atoms with Crippen molar-refractivity contribution in [3.63, 3.8) is 0 Å². The summed E-state index contributed by atoms with van der Waals surface area (Å²) in [5.41, 5.74) is 0. The van der Waals surface area contributed by atoms with Gasteiger partial charge in [-0.25, -0.2) is 4.79 Å². The van der Waals surface area contributed by atoms with Crippen LogP contribution in [-0.2, 0) is 19.8 Å². The Hall–Kier alpha value is -0.720. The lowest BCUT2D eigenvalue weighted by Crippen LogP contribution is -2.50. The molecule has 0 aromatic heterocycles. The molecule has 17 heavy (non-hydrogen) atoms. The van der Waals surface area contributed by atoms with Gasteiger partial charge < -0.3 is 4.74 Å². The first-order valence-corrected chi connectivity index (χ1v) is 6.85. The van der Waals surface area contributed by atoms with Gasteiger partial charge >= 0.3 is 30.7 Å². The third-order valence-electron chi connectivity index (χ3n) is 1.33. The van der Waals surface area contributed by atoms with Gasteiger partial charge in [0.15, 0.2) is 0 Å². The van der Waals surface area contributed by atoms with Gasteiger partial charge in [-0.15, -0.1) is 3.89 Å². The summed E-state index contributed by atoms with van der Waals surface area (Å²) < 4.78 is 101. The maximum atomic E-state index is 12.9. The first-order valence-electron chi connectivity index (χ1n) is 3.51. The molecule has 106 valence electrons. The molecular weight excluding hydrogens is 309 g/mol. The van der Waals surface area contributed by atoms with E-state index < -0.39 is 37.4 Å². The number of hydrogen-bond donors (Lipinski definition) is 0. The molecule has 0 aliphatic carbocycles. The summed E-state index contributed by atoms with van der Waals surface area (Å²) in [5.74, 6) is -3.57. The zero-order chi connectivity index (χ0) is 14.4. The van der Waals surface area contributed by atoms with Crippen molar-refractivity contribution in [2.75, 3.05) is 6.61 Å². The van der Waals surface area contributed by atoms with E-state index in [1.165, 1.54) is 0 Å². The molecule has 0 aliphatic rings. The number of esters is 1. The van der Waals surface area contributed by atoms with Crippen LogP contribution in [0, 0.1) is 0 Å². The number of rotatable bonds is 4. The standard InChI is InChI=1S/C4H5F7O4S2/c1-2-15-3(12)4(5,16(6,13)14)17(7,8,9,10)11/h2H2,1H3. The lowest BCUT2D eigenvalue weighted by molar-refractivity contribution is -0.148. The number of hydrogen-bond acceptors (Lipinski definition) is 4. The van der Waals surface area contributed by atoms with Crippen molar-refractivity contribution in [3.8, 4) is 0 Å². The average Bonchev–Trinajstić information content (AvgIpc) is 1.96. The Balaban J connectivity index is 6.27. The van der Waals surface area contributed by atoms with Crippen molar-refractivity contribution in [1.82, 2.24) is 0 Å². The summed E-state index contributed by atoms with van der Waals surface area (Å²) in [6.45, 7) is -0.289. The Bertz CT molecular complexity index is 437. The molecule has 0 bridgehead atoms. The molecule has 0 N–H and O–H groups in total. The van der Waals surface area contributed by atoms with E-state index in [9.17, 15) is 40.9 Å². The van der Waals surface area contributed by atoms with Crippen LogP contribution in [0.15, 0.2) is 0 Å². The Labute approximate surface area is 90.7 Å². The number of ether oxygens (including phenoxy) is 1. The molecule has 0 radical (unpaired) electrons. The van der Waals surface area contributed by atoms with Crippen molar-refractivity contribution >= 4 is 26.4 Å². The predicted octanol–water partition coefficient (Wildman–Crippen LogP) is 2.77. The fraction of sp³-hybridized carbons (Fsp3) is 0.750. The van der Waals surface area contributed by atoms with Crippen molar-refractivity contribution < 1.29 is 45.7 Å². The summed E-state index contributed by atoms with van der Waals surface area (Å²) in [7, 11) is -19.3. The Morgan fingerprint density at radius 1 is 1.24 bits per heavy atom. The third kappa shape index (κ3) is 2.59. The highest BCUT2D eigenvalue weighted by atomic mass is 32.5. The monoisotopic (exact) mass is 314 g/mol. The van der Waals surface area contributed by atoms with E-state index in [0.717, 1.165) is 6.92 Å². The van der Waals surface area contributed by atoms with Crippen LogP contribution in [0.5, 0.6) is 0 Å². The van der Waals surface area contributed by atoms with Gasteiger partial charge in [0.2, 0.25) is 0 Å². The minimum absolute atomic E-state index is 0.772. The lowest BCUT2D eigenvalue weighted by atomic mass is 10.7. The lowest BCUT2D eigenvalue weighted by Gasteiger charge is -2.45. The van der Waals surface area contributed by atoms with Gasteiger partial charge in [-0.05, 0) is 6.92 Å². The van der Waals surface area contributed by atoms with Gasteiger partial charge in [0.1, 0.15) is 0 Å². The zero-order valence-electron chi connectivity index (χ0n) is 7.80. The van der Waals surface area contributed by atoms with Crippen molar-refractivity contribution in [2.24, 2.45) is 0 Å². The van der Waals surface area contributed by atoms with Crippen LogP contribution in [-0.4, -0.2) is 25.3 Å². The highest BCUT2D eigenvalue weighted by molar-refractivity contribution is 8.51. The molecule has 0 rings (SSSR count). The molecule has 0 aromatic carbocycles. The van der Waals surface area contributed by atoms with Gasteiger partial charge in [-0.2, -0.15) is 12.8 Å². The predicted molar refractivity (Wildman–Crippen MR) is 43.6 cm³/mol. The normalized spacial score (nSPS) is 20.9. The van der Waals surface area contributed by atoms with Crippen LogP contribution in [0.25, 0.3) is 0 Å². The number of carbonyl (C=O) groups excluding carboxylic acids is 1. The van der Waals surface area contributed by atoms with Crippen LogP contribution < -0.4 is 0 Å². The van der Waals surface area contributed by atoms with E-state index in [1.54, 1.807) is 0 Å². The second-order valence-electron chi connectivity index (χ2n) is 2.66. The molecule has 0 aromatic rings. The Morgan fingerprint density at radius 2 is 1.59 bits per heavy atom.